The van der Waals surface area contributed by atoms with Gasteiger partial charge in [0.15, 0.2) is 0 Å². The van der Waals surface area contributed by atoms with Gasteiger partial charge in [-0.1, -0.05) is 74.5 Å². The van der Waals surface area contributed by atoms with Gasteiger partial charge in [0, 0.05) is 19.8 Å². The van der Waals surface area contributed by atoms with Crippen LogP contribution in [0.4, 0.5) is 0 Å². The Labute approximate surface area is 435 Å². The lowest BCUT2D eigenvalue weighted by Crippen LogP contribution is -2.62. The van der Waals surface area contributed by atoms with Crippen LogP contribution in [0.3, 0.4) is 0 Å². The maximum Gasteiger partial charge on any atom is 0.326 e. The van der Waals surface area contributed by atoms with Crippen LogP contribution in [0.25, 0.3) is 0 Å². The zero-order valence-electron chi connectivity index (χ0n) is 42.2. The fraction of sp³-hybridized carbons (Fsp3) is 0.479. The van der Waals surface area contributed by atoms with Crippen LogP contribution in [-0.4, -0.2) is 170 Å². The van der Waals surface area contributed by atoms with Gasteiger partial charge in [-0.05, 0) is 37.3 Å². The molecule has 416 valence electrons. The van der Waals surface area contributed by atoms with Gasteiger partial charge in [-0.15, -0.1) is 0 Å². The van der Waals surface area contributed by atoms with Gasteiger partial charge in [0.05, 0.1) is 32.0 Å². The molecule has 2 rings (SSSR count). The minimum atomic E-state index is -1.96. The lowest BCUT2D eigenvalue weighted by atomic mass is 10.0. The Morgan fingerprint density at radius 2 is 0.842 bits per heavy atom. The molecule has 0 saturated carbocycles. The second-order valence-electron chi connectivity index (χ2n) is 18.0. The van der Waals surface area contributed by atoms with Crippen molar-refractivity contribution >= 4 is 77.0 Å². The molecule has 0 saturated heterocycles. The number of aliphatic hydroxyl groups excluding tert-OH is 2. The number of carboxylic acid groups (broad SMARTS) is 3. The molecule has 28 nitrogen and oxygen atoms in total. The van der Waals surface area contributed by atoms with Gasteiger partial charge in [0.25, 0.3) is 0 Å². The van der Waals surface area contributed by atoms with E-state index >= 15 is 0 Å². The molecule has 28 heteroatoms. The number of carbonyl (C=O) groups excluding carboxylic acids is 10. The van der Waals surface area contributed by atoms with Crippen molar-refractivity contribution in [2.24, 2.45) is 11.7 Å². The Morgan fingerprint density at radius 1 is 0.461 bits per heavy atom. The largest absolute Gasteiger partial charge is 0.481 e. The molecule has 0 unspecified atom stereocenters. The second-order valence-corrected chi connectivity index (χ2v) is 18.0. The highest BCUT2D eigenvalue weighted by molar-refractivity contribution is 6.00. The molecule has 0 aliphatic rings. The van der Waals surface area contributed by atoms with E-state index in [1.54, 1.807) is 74.5 Å². The quantitative estimate of drug-likeness (QED) is 0.0327. The maximum absolute atomic E-state index is 14.0. The first kappa shape index (κ1) is 63.6. The highest BCUT2D eigenvalue weighted by Gasteiger charge is 2.37. The average Bonchev–Trinajstić information content (AvgIpc) is 3.32. The maximum atomic E-state index is 14.0. The van der Waals surface area contributed by atoms with Crippen molar-refractivity contribution in [3.05, 3.63) is 71.8 Å². The number of nitrogens with two attached hydrogens (primary N) is 1. The summed E-state index contributed by atoms with van der Waals surface area (Å²) < 4.78 is 0. The van der Waals surface area contributed by atoms with Gasteiger partial charge in [-0.3, -0.25) is 57.5 Å². The van der Waals surface area contributed by atoms with Crippen molar-refractivity contribution in [1.29, 1.82) is 0 Å². The molecular weight excluding hydrogens is 1000 g/mol. The van der Waals surface area contributed by atoms with E-state index in [0.717, 1.165) is 20.8 Å². The van der Waals surface area contributed by atoms with E-state index in [4.69, 9.17) is 5.73 Å². The number of rotatable bonds is 32. The smallest absolute Gasteiger partial charge is 0.326 e. The normalized spacial score (nSPS) is 14.8. The first-order valence-corrected chi connectivity index (χ1v) is 23.6. The zero-order valence-corrected chi connectivity index (χ0v) is 42.2. The monoisotopic (exact) mass is 1070 g/mol. The van der Waals surface area contributed by atoms with Crippen LogP contribution in [-0.2, 0) is 75.2 Å². The van der Waals surface area contributed by atoms with Crippen LogP contribution in [0, 0.1) is 5.92 Å². The molecular formula is C48H66N10O18. The van der Waals surface area contributed by atoms with Crippen molar-refractivity contribution in [1.82, 2.24) is 47.9 Å². The standard InChI is InChI=1S/C48H66N10O18/c1-23(2)16-29(42(69)54-32(20-37(63)64)41(68)50-24(3)40(67)52-33(21-38(65)66)44(71)56-34(48(75)76)18-28-14-10-7-11-15-28)55-47(74)39(25(4)60)58-45(72)30(17-27-12-8-6-9-13-27)53-46(73)35(22-59)57-43(70)31(19-36(49)62)51-26(5)61/h6-15,23-25,29-35,39,59-60H,16-22H2,1-5H3,(H2,49,62)(H,50,68)(H,51,61)(H,52,67)(H,53,73)(H,54,69)(H,55,74)(H,56,71)(H,57,70)(H,58,72)(H,63,64)(H,65,66)(H,75,76)/t24-,25-,29-,30-,31-,32-,33-,34-,35-,39-/m0/s1. The Hall–Kier alpha value is -8.53. The summed E-state index contributed by atoms with van der Waals surface area (Å²) in [7, 11) is 0. The summed E-state index contributed by atoms with van der Waals surface area (Å²) >= 11 is 0. The molecule has 0 aromatic heterocycles. The molecule has 10 amide bonds. The Bertz CT molecular complexity index is 2390. The lowest BCUT2D eigenvalue weighted by molar-refractivity contribution is -0.143. The summed E-state index contributed by atoms with van der Waals surface area (Å²) in [4.78, 5) is 167. The molecule has 2 aromatic carbocycles. The van der Waals surface area contributed by atoms with Crippen molar-refractivity contribution in [3.8, 4) is 0 Å². The van der Waals surface area contributed by atoms with Gasteiger partial charge >= 0.3 is 17.9 Å². The average molecular weight is 1070 g/mol. The lowest BCUT2D eigenvalue weighted by Gasteiger charge is -2.29. The Balaban J connectivity index is 2.31. The molecule has 0 aliphatic carbocycles. The van der Waals surface area contributed by atoms with E-state index in [9.17, 15) is 87.9 Å². The van der Waals surface area contributed by atoms with Crippen molar-refractivity contribution in [2.75, 3.05) is 6.61 Å². The van der Waals surface area contributed by atoms with Crippen molar-refractivity contribution in [3.63, 3.8) is 0 Å². The predicted octanol–water partition coefficient (Wildman–Crippen LogP) is -4.80. The van der Waals surface area contributed by atoms with Crippen LogP contribution < -0.4 is 53.6 Å². The van der Waals surface area contributed by atoms with Gasteiger partial charge in [0.1, 0.15) is 54.4 Å². The molecule has 0 fully saturated rings. The molecule has 2 aromatic rings. The number of benzene rings is 2. The van der Waals surface area contributed by atoms with E-state index in [0.29, 0.717) is 11.1 Å². The molecule has 10 atom stereocenters. The molecule has 0 heterocycles. The SMILES string of the molecule is CC(=O)N[C@@H](CC(N)=O)C(=O)N[C@@H](CO)C(=O)N[C@@H](Cc1ccccc1)C(=O)N[C@H](C(=O)N[C@@H](CC(C)C)C(=O)N[C@@H](CC(=O)O)C(=O)N[C@@H](C)C(=O)N[C@@H](CC(=O)O)C(=O)N[C@@H](Cc1ccccc1)C(=O)O)[C@H](C)O. The molecule has 76 heavy (non-hydrogen) atoms. The number of nitrogens with one attached hydrogen (secondary N) is 9. The van der Waals surface area contributed by atoms with E-state index < -0.39 is 169 Å². The number of carboxylic acids is 3. The molecule has 0 spiro atoms. The van der Waals surface area contributed by atoms with E-state index in [1.807, 2.05) is 0 Å². The van der Waals surface area contributed by atoms with Gasteiger partial charge in [-0.25, -0.2) is 4.79 Å². The molecule has 16 N–H and O–H groups in total. The molecule has 0 aliphatic heterocycles. The number of amides is 10. The minimum Gasteiger partial charge on any atom is -0.481 e. The van der Waals surface area contributed by atoms with E-state index in [-0.39, 0.29) is 19.3 Å². The summed E-state index contributed by atoms with van der Waals surface area (Å²) in [5.74, 6) is -16.1. The summed E-state index contributed by atoms with van der Waals surface area (Å²) in [5, 5.41) is 69.8. The third kappa shape index (κ3) is 22.7. The van der Waals surface area contributed by atoms with E-state index in [2.05, 4.69) is 47.9 Å². The summed E-state index contributed by atoms with van der Waals surface area (Å²) in [6.07, 6.45) is -5.19. The number of aliphatic carboxylic acids is 3. The Kier molecular flexibility index (Phi) is 26.2. The van der Waals surface area contributed by atoms with Crippen LogP contribution in [0.15, 0.2) is 60.7 Å². The third-order valence-electron chi connectivity index (χ3n) is 10.9. The fourth-order valence-corrected chi connectivity index (χ4v) is 7.12. The zero-order chi connectivity index (χ0) is 57.4. The number of carbonyl (C=O) groups is 13. The number of aliphatic hydroxyl groups is 2. The predicted molar refractivity (Wildman–Crippen MR) is 263 cm³/mol. The summed E-state index contributed by atoms with van der Waals surface area (Å²) in [6.45, 7) is 5.42. The number of hydrogen-bond acceptors (Lipinski definition) is 15. The van der Waals surface area contributed by atoms with Crippen LogP contribution in [0.1, 0.15) is 71.4 Å². The number of primary amides is 1. The fourth-order valence-electron chi connectivity index (χ4n) is 7.12. The van der Waals surface area contributed by atoms with Crippen LogP contribution in [0.5, 0.6) is 0 Å². The third-order valence-corrected chi connectivity index (χ3v) is 10.9. The first-order valence-electron chi connectivity index (χ1n) is 23.6. The highest BCUT2D eigenvalue weighted by Crippen LogP contribution is 2.11. The Morgan fingerprint density at radius 3 is 1.28 bits per heavy atom. The minimum absolute atomic E-state index is 0.192. The molecule has 0 radical (unpaired) electrons. The van der Waals surface area contributed by atoms with E-state index in [1.165, 1.54) is 0 Å². The summed E-state index contributed by atoms with van der Waals surface area (Å²) in [5.41, 5.74) is 6.15. The second kappa shape index (κ2) is 31.3. The topological polar surface area (TPSA) is 457 Å². The molecule has 0 bridgehead atoms. The summed E-state index contributed by atoms with van der Waals surface area (Å²) in [6, 6.07) is 0.694. The van der Waals surface area contributed by atoms with Gasteiger partial charge < -0.3 is 79.1 Å². The van der Waals surface area contributed by atoms with Gasteiger partial charge in [0.2, 0.25) is 59.1 Å². The van der Waals surface area contributed by atoms with Crippen LogP contribution in [0.2, 0.25) is 0 Å². The van der Waals surface area contributed by atoms with Crippen molar-refractivity contribution in [2.45, 2.75) is 134 Å². The van der Waals surface area contributed by atoms with Crippen LogP contribution >= 0.6 is 0 Å². The van der Waals surface area contributed by atoms with Gasteiger partial charge in [-0.2, -0.15) is 0 Å². The first-order chi connectivity index (χ1) is 35.6. The highest BCUT2D eigenvalue weighted by atomic mass is 16.4. The van der Waals surface area contributed by atoms with Crippen molar-refractivity contribution < 1.29 is 87.9 Å². The number of hydrogen-bond donors (Lipinski definition) is 15.